The predicted octanol–water partition coefficient (Wildman–Crippen LogP) is 9.14. The monoisotopic (exact) mass is 872 g/mol. The molecule has 64 heavy (non-hydrogen) atoms. The highest BCUT2D eigenvalue weighted by Gasteiger charge is 2.52. The van der Waals surface area contributed by atoms with E-state index in [4.69, 9.17) is 19.4 Å². The molecular formula is C50H64N8O6. The number of piperidine rings is 2. The van der Waals surface area contributed by atoms with Gasteiger partial charge in [0, 0.05) is 17.6 Å². The lowest BCUT2D eigenvalue weighted by Crippen LogP contribution is -2.55. The number of ether oxygens (including phenoxy) is 2. The number of fused-ring (bicyclic) bond motifs is 4. The van der Waals surface area contributed by atoms with Crippen LogP contribution in [0, 0.1) is 17.8 Å². The fraction of sp³-hybridized carbons (Fsp3) is 0.560. The van der Waals surface area contributed by atoms with Gasteiger partial charge in [-0.1, -0.05) is 64.1 Å². The van der Waals surface area contributed by atoms with Crippen molar-refractivity contribution < 1.29 is 28.7 Å². The number of hydrogen-bond donors (Lipinski definition) is 4. The fourth-order valence-corrected chi connectivity index (χ4v) is 12.0. The largest absolute Gasteiger partial charge is 0.453 e. The quantitative estimate of drug-likeness (QED) is 0.115. The highest BCUT2D eigenvalue weighted by Crippen LogP contribution is 2.56. The van der Waals surface area contributed by atoms with E-state index in [9.17, 15) is 19.2 Å². The fourth-order valence-electron chi connectivity index (χ4n) is 12.0. The van der Waals surface area contributed by atoms with E-state index in [0.29, 0.717) is 17.8 Å². The lowest BCUT2D eigenvalue weighted by molar-refractivity contribution is -0.141. The summed E-state index contributed by atoms with van der Waals surface area (Å²) < 4.78 is 9.73. The molecule has 0 spiro atoms. The van der Waals surface area contributed by atoms with Crippen LogP contribution in [0.2, 0.25) is 0 Å². The van der Waals surface area contributed by atoms with Gasteiger partial charge in [-0.15, -0.1) is 0 Å². The first-order valence-corrected chi connectivity index (χ1v) is 23.6. The van der Waals surface area contributed by atoms with Crippen LogP contribution in [-0.4, -0.2) is 92.1 Å². The highest BCUT2D eigenvalue weighted by molar-refractivity contribution is 5.88. The topological polar surface area (TPSA) is 175 Å². The number of carbonyl (C=O) groups excluding carboxylic acids is 4. The molecule has 7 unspecified atom stereocenters. The van der Waals surface area contributed by atoms with Gasteiger partial charge in [0.15, 0.2) is 0 Å². The molecule has 4 heterocycles. The SMILES string of the molecule is COC(=O)NC(C(=O)N1C(C)CCCC1c1ncc(-c2ccc(-c3ccc(-c4cnc(C5C6CCC(C6)N5C(=O)C(NC(=O)OC)C(C)C)[nH]4)c4c3C3CCC4CC3)cc2)[nH]1)C(C)C. The Balaban J connectivity index is 0.977. The number of imidazole rings is 2. The zero-order valence-corrected chi connectivity index (χ0v) is 38.3. The lowest BCUT2D eigenvalue weighted by Gasteiger charge is -2.42. The van der Waals surface area contributed by atoms with Crippen molar-refractivity contribution in [2.75, 3.05) is 14.2 Å². The number of amides is 4. The summed E-state index contributed by atoms with van der Waals surface area (Å²) in [4.78, 5) is 73.8. The normalized spacial score (nSPS) is 25.6. The summed E-state index contributed by atoms with van der Waals surface area (Å²) in [6, 6.07) is 11.6. The van der Waals surface area contributed by atoms with Gasteiger partial charge >= 0.3 is 12.2 Å². The zero-order chi connectivity index (χ0) is 45.0. The molecule has 2 saturated carbocycles. The van der Waals surface area contributed by atoms with Crippen LogP contribution in [0.5, 0.6) is 0 Å². The van der Waals surface area contributed by atoms with Gasteiger partial charge in [0.25, 0.3) is 0 Å². The molecule has 6 aliphatic rings. The van der Waals surface area contributed by atoms with Crippen molar-refractivity contribution in [3.8, 4) is 33.6 Å². The van der Waals surface area contributed by atoms with E-state index < -0.39 is 24.3 Å². The Kier molecular flexibility index (Phi) is 12.1. The first kappa shape index (κ1) is 43.6. The molecule has 4 N–H and O–H groups in total. The van der Waals surface area contributed by atoms with Gasteiger partial charge in [0.2, 0.25) is 11.8 Å². The van der Waals surface area contributed by atoms with Crippen LogP contribution < -0.4 is 10.6 Å². The van der Waals surface area contributed by atoms with Crippen LogP contribution in [0.4, 0.5) is 9.59 Å². The van der Waals surface area contributed by atoms with Crippen LogP contribution >= 0.6 is 0 Å². The van der Waals surface area contributed by atoms with E-state index in [-0.39, 0.29) is 47.8 Å². The third-order valence-corrected chi connectivity index (χ3v) is 15.2. The second-order valence-electron chi connectivity index (χ2n) is 19.7. The van der Waals surface area contributed by atoms with E-state index in [2.05, 4.69) is 63.9 Å². The third-order valence-electron chi connectivity index (χ3n) is 15.2. The van der Waals surface area contributed by atoms with Gasteiger partial charge in [-0.3, -0.25) is 9.59 Å². The van der Waals surface area contributed by atoms with Crippen molar-refractivity contribution in [2.24, 2.45) is 17.8 Å². The molecule has 2 aromatic heterocycles. The van der Waals surface area contributed by atoms with E-state index in [1.807, 2.05) is 49.9 Å². The Morgan fingerprint density at radius 3 is 1.83 bits per heavy atom. The number of hydrogen-bond acceptors (Lipinski definition) is 8. The molecule has 4 aliphatic carbocycles. The molecule has 4 aromatic rings. The van der Waals surface area contributed by atoms with Crippen molar-refractivity contribution in [2.45, 2.75) is 147 Å². The van der Waals surface area contributed by atoms with Gasteiger partial charge in [-0.25, -0.2) is 19.6 Å². The van der Waals surface area contributed by atoms with Gasteiger partial charge in [-0.2, -0.15) is 0 Å². The van der Waals surface area contributed by atoms with Crippen LogP contribution in [0.3, 0.4) is 0 Å². The summed E-state index contributed by atoms with van der Waals surface area (Å²) in [5.41, 5.74) is 9.44. The van der Waals surface area contributed by atoms with Crippen LogP contribution in [0.15, 0.2) is 48.8 Å². The molecule has 7 atom stereocenters. The smallest absolute Gasteiger partial charge is 0.407 e. The van der Waals surface area contributed by atoms with Gasteiger partial charge in [0.05, 0.1) is 50.1 Å². The molecule has 2 aromatic carbocycles. The molecule has 10 rings (SSSR count). The van der Waals surface area contributed by atoms with Crippen LogP contribution in [0.1, 0.15) is 146 Å². The second kappa shape index (κ2) is 17.7. The molecule has 4 bridgehead atoms. The molecule has 4 fully saturated rings. The Labute approximate surface area is 376 Å². The Hall–Kier alpha value is -5.66. The summed E-state index contributed by atoms with van der Waals surface area (Å²) in [5.74, 6) is 2.43. The predicted molar refractivity (Wildman–Crippen MR) is 243 cm³/mol. The van der Waals surface area contributed by atoms with Crippen LogP contribution in [-0.2, 0) is 19.1 Å². The number of H-pyrrole nitrogens is 2. The molecule has 2 aliphatic heterocycles. The summed E-state index contributed by atoms with van der Waals surface area (Å²) >= 11 is 0. The maximum Gasteiger partial charge on any atom is 0.407 e. The Morgan fingerprint density at radius 1 is 0.656 bits per heavy atom. The Morgan fingerprint density at radius 2 is 1.20 bits per heavy atom. The maximum absolute atomic E-state index is 14.2. The second-order valence-corrected chi connectivity index (χ2v) is 19.7. The summed E-state index contributed by atoms with van der Waals surface area (Å²) in [7, 11) is 2.63. The minimum Gasteiger partial charge on any atom is -0.453 e. The lowest BCUT2D eigenvalue weighted by atomic mass is 9.64. The standard InChI is InChI=1S/C50H64N8O6/c1-26(2)42(55-49(61)63-6)47(59)57-28(5)9-8-10-39(57)45-51-24-37(53-45)30-13-11-29(12-14-30)35-21-22-36(41-32-17-15-31(16-18-32)40(35)41)38-25-52-46(54-38)44-33-19-20-34(23-33)58(44)48(60)43(27(3)4)56-50(62)64-7/h11-14,21-22,24-28,31-34,39,42-44H,8-10,15-20,23H2,1-7H3,(H,51,53)(H,52,54)(H,55,61)(H,56,62). The number of carbonyl (C=O) groups is 4. The van der Waals surface area contributed by atoms with Gasteiger partial charge in [-0.05, 0) is 129 Å². The third kappa shape index (κ3) is 7.84. The first-order chi connectivity index (χ1) is 30.9. The molecule has 4 amide bonds. The van der Waals surface area contributed by atoms with Crippen molar-refractivity contribution in [3.63, 3.8) is 0 Å². The summed E-state index contributed by atoms with van der Waals surface area (Å²) in [5, 5.41) is 5.57. The van der Waals surface area contributed by atoms with Crippen LogP contribution in [0.25, 0.3) is 33.6 Å². The van der Waals surface area contributed by atoms with Crippen molar-refractivity contribution in [1.29, 1.82) is 0 Å². The number of aromatic nitrogens is 4. The number of nitrogens with zero attached hydrogens (tertiary/aromatic N) is 4. The Bertz CT molecular complexity index is 2380. The number of nitrogens with one attached hydrogen (secondary N) is 4. The van der Waals surface area contributed by atoms with Gasteiger partial charge < -0.3 is 39.9 Å². The summed E-state index contributed by atoms with van der Waals surface area (Å²) in [6.45, 7) is 9.83. The average molecular weight is 873 g/mol. The molecule has 0 radical (unpaired) electrons. The minimum absolute atomic E-state index is 0.00745. The van der Waals surface area contributed by atoms with E-state index in [1.54, 1.807) is 0 Å². The van der Waals surface area contributed by atoms with Crippen molar-refractivity contribution in [1.82, 2.24) is 40.4 Å². The minimum atomic E-state index is -0.707. The molecule has 340 valence electrons. The number of methoxy groups -OCH3 is 2. The number of likely N-dealkylation sites (tertiary alicyclic amines) is 2. The zero-order valence-electron chi connectivity index (χ0n) is 38.3. The van der Waals surface area contributed by atoms with Crippen molar-refractivity contribution in [3.05, 3.63) is 71.6 Å². The van der Waals surface area contributed by atoms with Gasteiger partial charge in [0.1, 0.15) is 23.7 Å². The van der Waals surface area contributed by atoms with E-state index in [0.717, 1.165) is 67.1 Å². The molecule has 14 heteroatoms. The first-order valence-electron chi connectivity index (χ1n) is 23.6. The molecular weight excluding hydrogens is 809 g/mol. The number of benzene rings is 2. The highest BCUT2D eigenvalue weighted by atomic mass is 16.5. The average Bonchev–Trinajstić information content (AvgIpc) is 4.15. The van der Waals surface area contributed by atoms with E-state index >= 15 is 0 Å². The number of aromatic amines is 2. The summed E-state index contributed by atoms with van der Waals surface area (Å²) in [6.07, 6.45) is 12.9. The van der Waals surface area contributed by atoms with Crippen molar-refractivity contribution >= 4 is 24.0 Å². The maximum atomic E-state index is 14.2. The van der Waals surface area contributed by atoms with E-state index in [1.165, 1.54) is 67.7 Å². The molecule has 2 saturated heterocycles. The number of rotatable bonds is 11. The number of alkyl carbamates (subject to hydrolysis) is 2. The molecule has 14 nitrogen and oxygen atoms in total.